The minimum Gasteiger partial charge on any atom is -0.465 e. The Balaban J connectivity index is 2.04. The van der Waals surface area contributed by atoms with Crippen molar-refractivity contribution in [1.29, 1.82) is 0 Å². The van der Waals surface area contributed by atoms with Gasteiger partial charge in [0.2, 0.25) is 5.91 Å². The highest BCUT2D eigenvalue weighted by atomic mass is 16.4. The SMILES string of the molecule is O=C(O)N1C(=O)C2CCC1Cc1ccccc1C2. The summed E-state index contributed by atoms with van der Waals surface area (Å²) in [6.45, 7) is 0. The Morgan fingerprint density at radius 2 is 1.83 bits per heavy atom. The minimum absolute atomic E-state index is 0.168. The largest absolute Gasteiger partial charge is 0.465 e. The third-order valence-corrected chi connectivity index (χ3v) is 4.05. The van der Waals surface area contributed by atoms with E-state index >= 15 is 0 Å². The number of amides is 2. The molecule has 0 spiro atoms. The molecule has 94 valence electrons. The molecule has 1 aromatic rings. The van der Waals surface area contributed by atoms with Gasteiger partial charge in [-0.05, 0) is 36.8 Å². The molecule has 4 heteroatoms. The number of fused-ring (bicyclic) bond motifs is 2. The van der Waals surface area contributed by atoms with Gasteiger partial charge in [-0.25, -0.2) is 9.69 Å². The predicted molar refractivity (Wildman–Crippen MR) is 65.2 cm³/mol. The van der Waals surface area contributed by atoms with Crippen LogP contribution in [0, 0.1) is 5.92 Å². The zero-order chi connectivity index (χ0) is 12.7. The molecule has 1 N–H and O–H groups in total. The van der Waals surface area contributed by atoms with E-state index in [9.17, 15) is 14.7 Å². The van der Waals surface area contributed by atoms with E-state index in [1.165, 1.54) is 11.1 Å². The lowest BCUT2D eigenvalue weighted by Gasteiger charge is -2.39. The van der Waals surface area contributed by atoms with Crippen LogP contribution in [0.4, 0.5) is 4.79 Å². The topological polar surface area (TPSA) is 57.6 Å². The maximum Gasteiger partial charge on any atom is 0.414 e. The average molecular weight is 245 g/mol. The fraction of sp³-hybridized carbons (Fsp3) is 0.429. The zero-order valence-electron chi connectivity index (χ0n) is 10.0. The molecule has 1 fully saturated rings. The molecular formula is C14H15NO3. The van der Waals surface area contributed by atoms with Crippen molar-refractivity contribution in [2.75, 3.05) is 0 Å². The van der Waals surface area contributed by atoms with Crippen LogP contribution in [0.1, 0.15) is 24.0 Å². The van der Waals surface area contributed by atoms with Gasteiger partial charge >= 0.3 is 6.09 Å². The van der Waals surface area contributed by atoms with Crippen LogP contribution < -0.4 is 0 Å². The Morgan fingerprint density at radius 3 is 2.50 bits per heavy atom. The van der Waals surface area contributed by atoms with Crippen molar-refractivity contribution in [2.24, 2.45) is 5.92 Å². The van der Waals surface area contributed by atoms with E-state index in [1.807, 2.05) is 18.2 Å². The van der Waals surface area contributed by atoms with Crippen LogP contribution in [0.5, 0.6) is 0 Å². The third-order valence-electron chi connectivity index (χ3n) is 4.05. The first kappa shape index (κ1) is 11.3. The molecule has 1 aliphatic carbocycles. The summed E-state index contributed by atoms with van der Waals surface area (Å²) in [5, 5.41) is 9.20. The van der Waals surface area contributed by atoms with Crippen molar-refractivity contribution >= 4 is 12.0 Å². The molecule has 1 aromatic carbocycles. The average Bonchev–Trinajstić information content (AvgIpc) is 2.30. The number of piperidine rings is 1. The summed E-state index contributed by atoms with van der Waals surface area (Å²) in [6, 6.07) is 7.86. The summed E-state index contributed by atoms with van der Waals surface area (Å²) in [6.07, 6.45) is 1.82. The van der Waals surface area contributed by atoms with Crippen LogP contribution >= 0.6 is 0 Å². The Labute approximate surface area is 105 Å². The van der Waals surface area contributed by atoms with Crippen molar-refractivity contribution in [3.05, 3.63) is 35.4 Å². The van der Waals surface area contributed by atoms with Crippen molar-refractivity contribution in [1.82, 2.24) is 4.90 Å². The van der Waals surface area contributed by atoms with Crippen LogP contribution in [0.25, 0.3) is 0 Å². The van der Waals surface area contributed by atoms with Gasteiger partial charge in [0, 0.05) is 12.0 Å². The molecule has 2 heterocycles. The third kappa shape index (κ3) is 1.68. The summed E-state index contributed by atoms with van der Waals surface area (Å²) < 4.78 is 0. The van der Waals surface area contributed by atoms with Crippen LogP contribution in [0.2, 0.25) is 0 Å². The standard InChI is InChI=1S/C14H15NO3/c16-13-11-5-6-12(15(13)14(17)18)8-10-4-2-1-3-9(10)7-11/h1-4,11-12H,5-8H2,(H,17,18). The van der Waals surface area contributed by atoms with Gasteiger partial charge < -0.3 is 5.11 Å². The van der Waals surface area contributed by atoms with Gasteiger partial charge in [-0.2, -0.15) is 0 Å². The number of carbonyl (C=O) groups excluding carboxylic acids is 1. The molecule has 4 nitrogen and oxygen atoms in total. The van der Waals surface area contributed by atoms with E-state index in [2.05, 4.69) is 6.07 Å². The molecule has 2 amide bonds. The Hall–Kier alpha value is -1.84. The first-order chi connectivity index (χ1) is 8.66. The summed E-state index contributed by atoms with van der Waals surface area (Å²) in [4.78, 5) is 24.5. The van der Waals surface area contributed by atoms with E-state index in [-0.39, 0.29) is 17.9 Å². The number of hydrogen-bond donors (Lipinski definition) is 1. The second kappa shape index (κ2) is 4.12. The van der Waals surface area contributed by atoms with E-state index < -0.39 is 6.09 Å². The lowest BCUT2D eigenvalue weighted by atomic mass is 9.80. The van der Waals surface area contributed by atoms with Crippen LogP contribution in [-0.4, -0.2) is 28.0 Å². The summed E-state index contributed by atoms with van der Waals surface area (Å²) in [5.41, 5.74) is 2.39. The van der Waals surface area contributed by atoms with Crippen molar-refractivity contribution in [3.8, 4) is 0 Å². The number of imide groups is 1. The number of hydrogen-bond acceptors (Lipinski definition) is 2. The highest BCUT2D eigenvalue weighted by Crippen LogP contribution is 2.32. The zero-order valence-corrected chi connectivity index (χ0v) is 10.0. The summed E-state index contributed by atoms with van der Waals surface area (Å²) in [7, 11) is 0. The fourth-order valence-electron chi connectivity index (χ4n) is 3.13. The summed E-state index contributed by atoms with van der Waals surface area (Å²) >= 11 is 0. The van der Waals surface area contributed by atoms with Crippen LogP contribution in [-0.2, 0) is 17.6 Å². The van der Waals surface area contributed by atoms with Gasteiger partial charge in [-0.15, -0.1) is 0 Å². The van der Waals surface area contributed by atoms with E-state index in [1.54, 1.807) is 0 Å². The molecule has 3 aliphatic rings. The van der Waals surface area contributed by atoms with Gasteiger partial charge in [0.1, 0.15) is 0 Å². The number of benzene rings is 1. The highest BCUT2D eigenvalue weighted by Gasteiger charge is 2.41. The van der Waals surface area contributed by atoms with Crippen molar-refractivity contribution in [2.45, 2.75) is 31.7 Å². The summed E-state index contributed by atoms with van der Waals surface area (Å²) in [5.74, 6) is -0.382. The molecule has 0 aromatic heterocycles. The fourth-order valence-corrected chi connectivity index (χ4v) is 3.13. The lowest BCUT2D eigenvalue weighted by molar-refractivity contribution is -0.139. The normalized spacial score (nSPS) is 26.4. The highest BCUT2D eigenvalue weighted by molar-refractivity contribution is 5.94. The van der Waals surface area contributed by atoms with Gasteiger partial charge in [0.25, 0.3) is 0 Å². The van der Waals surface area contributed by atoms with E-state index in [4.69, 9.17) is 0 Å². The second-order valence-electron chi connectivity index (χ2n) is 5.10. The van der Waals surface area contributed by atoms with Gasteiger partial charge in [0.05, 0.1) is 0 Å². The molecule has 2 unspecified atom stereocenters. The molecule has 1 saturated heterocycles. The smallest absolute Gasteiger partial charge is 0.414 e. The van der Waals surface area contributed by atoms with Gasteiger partial charge in [-0.1, -0.05) is 24.3 Å². The molecular weight excluding hydrogens is 230 g/mol. The minimum atomic E-state index is -1.10. The Kier molecular flexibility index (Phi) is 2.58. The first-order valence-electron chi connectivity index (χ1n) is 6.29. The van der Waals surface area contributed by atoms with Gasteiger partial charge in [0.15, 0.2) is 0 Å². The monoisotopic (exact) mass is 245 g/mol. The van der Waals surface area contributed by atoms with Crippen molar-refractivity contribution in [3.63, 3.8) is 0 Å². The first-order valence-corrected chi connectivity index (χ1v) is 6.29. The van der Waals surface area contributed by atoms with Crippen LogP contribution in [0.3, 0.4) is 0 Å². The lowest BCUT2D eigenvalue weighted by Crippen LogP contribution is -2.53. The number of carboxylic acid groups (broad SMARTS) is 1. The Bertz CT molecular complexity index is 512. The molecule has 4 rings (SSSR count). The molecule has 2 aliphatic heterocycles. The number of rotatable bonds is 0. The number of nitrogens with zero attached hydrogens (tertiary/aromatic N) is 1. The predicted octanol–water partition coefficient (Wildman–Crippen LogP) is 2.07. The molecule has 2 bridgehead atoms. The van der Waals surface area contributed by atoms with E-state index in [0.29, 0.717) is 12.8 Å². The second-order valence-corrected chi connectivity index (χ2v) is 5.10. The molecule has 2 atom stereocenters. The number of carbonyl (C=O) groups is 2. The van der Waals surface area contributed by atoms with Gasteiger partial charge in [-0.3, -0.25) is 4.79 Å². The van der Waals surface area contributed by atoms with Crippen molar-refractivity contribution < 1.29 is 14.7 Å². The molecule has 18 heavy (non-hydrogen) atoms. The maximum atomic E-state index is 12.2. The Morgan fingerprint density at radius 1 is 1.17 bits per heavy atom. The van der Waals surface area contributed by atoms with Crippen LogP contribution in [0.15, 0.2) is 24.3 Å². The molecule has 0 radical (unpaired) electrons. The maximum absolute atomic E-state index is 12.2. The quantitative estimate of drug-likeness (QED) is 0.761. The molecule has 0 saturated carbocycles. The van der Waals surface area contributed by atoms with E-state index in [0.717, 1.165) is 17.7 Å².